The van der Waals surface area contributed by atoms with Gasteiger partial charge in [0.05, 0.1) is 18.4 Å². The molecule has 143 valence electrons. The monoisotopic (exact) mass is 401 g/mol. The summed E-state index contributed by atoms with van der Waals surface area (Å²) in [5.41, 5.74) is 1.75. The van der Waals surface area contributed by atoms with E-state index < -0.39 is 5.56 Å². The van der Waals surface area contributed by atoms with Crippen LogP contribution in [0.25, 0.3) is 5.69 Å². The van der Waals surface area contributed by atoms with Crippen LogP contribution in [0.2, 0.25) is 5.02 Å². The molecule has 1 fully saturated rings. The Kier molecular flexibility index (Phi) is 6.06. The van der Waals surface area contributed by atoms with E-state index in [1.165, 1.54) is 4.68 Å². The molecule has 0 unspecified atom stereocenters. The standard InChI is InChI=1S/C23H18ClN4O/c24-22-21(16-26-28(23(22)29)20-13-5-2-6-14-20)27(17-19-11-3-1-4-12-19)25-15-18-9-7-8-10-18/h1-16H,17H2/b25-15+. The van der Waals surface area contributed by atoms with Crippen LogP contribution < -0.4 is 10.6 Å². The van der Waals surface area contributed by atoms with E-state index in [-0.39, 0.29) is 5.02 Å². The molecule has 1 aromatic heterocycles. The lowest BCUT2D eigenvalue weighted by molar-refractivity contribution is 0.783. The lowest BCUT2D eigenvalue weighted by Gasteiger charge is -2.21. The van der Waals surface area contributed by atoms with E-state index in [2.05, 4.69) is 10.2 Å². The van der Waals surface area contributed by atoms with Crippen molar-refractivity contribution < 1.29 is 0 Å². The summed E-state index contributed by atoms with van der Waals surface area (Å²) in [7, 11) is 0. The maximum absolute atomic E-state index is 12.9. The smallest absolute Gasteiger partial charge is 0.266 e. The molecular weight excluding hydrogens is 384 g/mol. The van der Waals surface area contributed by atoms with Crippen LogP contribution in [-0.2, 0) is 6.54 Å². The molecular formula is C23H18ClN4O. The van der Waals surface area contributed by atoms with Crippen LogP contribution in [0.15, 0.2) is 76.8 Å². The molecule has 1 aliphatic rings. The van der Waals surface area contributed by atoms with Crippen LogP contribution >= 0.6 is 11.6 Å². The summed E-state index contributed by atoms with van der Waals surface area (Å²) < 4.78 is 1.29. The molecule has 1 aliphatic carbocycles. The van der Waals surface area contributed by atoms with E-state index in [0.29, 0.717) is 17.9 Å². The van der Waals surface area contributed by atoms with Crippen molar-refractivity contribution in [2.75, 3.05) is 5.01 Å². The predicted octanol–water partition coefficient (Wildman–Crippen LogP) is 4.28. The van der Waals surface area contributed by atoms with Crippen LogP contribution in [0, 0.1) is 31.6 Å². The Bertz CT molecular complexity index is 1030. The van der Waals surface area contributed by atoms with Crippen LogP contribution in [-0.4, -0.2) is 16.0 Å². The van der Waals surface area contributed by atoms with Gasteiger partial charge in [-0.3, -0.25) is 9.80 Å². The summed E-state index contributed by atoms with van der Waals surface area (Å²) in [5.74, 6) is 0.963. The normalized spacial score (nSPS) is 14.5. The van der Waals surface area contributed by atoms with Crippen molar-refractivity contribution in [1.82, 2.24) is 9.78 Å². The number of hydrazone groups is 1. The fourth-order valence-electron chi connectivity index (χ4n) is 2.91. The second-order valence-corrected chi connectivity index (χ2v) is 6.78. The van der Waals surface area contributed by atoms with Gasteiger partial charge in [-0.1, -0.05) is 60.1 Å². The molecule has 1 heterocycles. The first-order valence-electron chi connectivity index (χ1n) is 9.13. The Balaban J connectivity index is 1.69. The highest BCUT2D eigenvalue weighted by atomic mass is 35.5. The second-order valence-electron chi connectivity index (χ2n) is 6.40. The summed E-state index contributed by atoms with van der Waals surface area (Å²) in [6.45, 7) is 0.453. The minimum Gasteiger partial charge on any atom is -0.266 e. The summed E-state index contributed by atoms with van der Waals surface area (Å²) in [4.78, 5) is 12.9. The Morgan fingerprint density at radius 1 is 1.00 bits per heavy atom. The highest BCUT2D eigenvalue weighted by Crippen LogP contribution is 2.26. The molecule has 6 heteroatoms. The number of hydrogen-bond acceptors (Lipinski definition) is 4. The van der Waals surface area contributed by atoms with Crippen molar-refractivity contribution >= 4 is 23.5 Å². The highest BCUT2D eigenvalue weighted by molar-refractivity contribution is 6.33. The van der Waals surface area contributed by atoms with E-state index in [1.54, 1.807) is 29.6 Å². The molecule has 5 nitrogen and oxygen atoms in total. The molecule has 2 aromatic carbocycles. The van der Waals surface area contributed by atoms with Gasteiger partial charge in [-0.25, -0.2) is 0 Å². The van der Waals surface area contributed by atoms with Crippen molar-refractivity contribution in [3.05, 3.63) is 119 Å². The third-order valence-electron chi connectivity index (χ3n) is 4.39. The summed E-state index contributed by atoms with van der Waals surface area (Å²) in [6.07, 6.45) is 11.1. The number of benzene rings is 2. The minimum absolute atomic E-state index is 0.0689. The fraction of sp³-hybridized carbons (Fsp3) is 0.0435. The molecule has 0 spiro atoms. The third-order valence-corrected chi connectivity index (χ3v) is 4.74. The van der Waals surface area contributed by atoms with E-state index in [0.717, 1.165) is 11.5 Å². The predicted molar refractivity (Wildman–Crippen MR) is 116 cm³/mol. The Labute approximate surface area is 175 Å². The molecule has 0 aliphatic heterocycles. The maximum atomic E-state index is 12.9. The van der Waals surface area contributed by atoms with Gasteiger partial charge in [0.2, 0.25) is 0 Å². The Morgan fingerprint density at radius 3 is 2.34 bits per heavy atom. The molecule has 0 N–H and O–H groups in total. The molecule has 1 saturated carbocycles. The topological polar surface area (TPSA) is 50.5 Å². The minimum atomic E-state index is -0.392. The first-order chi connectivity index (χ1) is 14.2. The molecule has 0 bridgehead atoms. The molecule has 0 saturated heterocycles. The number of nitrogens with zero attached hydrogens (tertiary/aromatic N) is 4. The van der Waals surface area contributed by atoms with Gasteiger partial charge in [0, 0.05) is 12.1 Å². The van der Waals surface area contributed by atoms with Gasteiger partial charge in [-0.05, 0) is 43.4 Å². The molecule has 5 radical (unpaired) electrons. The SMILES string of the molecule is O=c1c(Cl)c(N(Cc2ccccc2)/N=C/[C]2[CH][CH][CH][CH]2)cnn1-c1ccccc1. The number of hydrogen-bond donors (Lipinski definition) is 0. The summed E-state index contributed by atoms with van der Waals surface area (Å²) in [5, 5.41) is 10.7. The van der Waals surface area contributed by atoms with Crippen molar-refractivity contribution in [3.8, 4) is 5.69 Å². The number of aromatic nitrogens is 2. The molecule has 0 atom stereocenters. The Hall–Kier alpha value is -2.92. The van der Waals surface area contributed by atoms with Crippen molar-refractivity contribution in [2.24, 2.45) is 5.10 Å². The first kappa shape index (κ1) is 19.4. The lowest BCUT2D eigenvalue weighted by Crippen LogP contribution is -2.26. The van der Waals surface area contributed by atoms with Crippen molar-refractivity contribution in [2.45, 2.75) is 6.54 Å². The quantitative estimate of drug-likeness (QED) is 0.457. The maximum Gasteiger partial charge on any atom is 0.292 e. The summed E-state index contributed by atoms with van der Waals surface area (Å²) in [6, 6.07) is 19.0. The molecule has 4 rings (SSSR count). The number of rotatable bonds is 6. The average Bonchev–Trinajstić information content (AvgIpc) is 3.28. The van der Waals surface area contributed by atoms with E-state index >= 15 is 0 Å². The van der Waals surface area contributed by atoms with Crippen LogP contribution in [0.5, 0.6) is 0 Å². The number of para-hydroxylation sites is 1. The summed E-state index contributed by atoms with van der Waals surface area (Å²) >= 11 is 6.48. The van der Waals surface area contributed by atoms with Crippen molar-refractivity contribution in [1.29, 1.82) is 0 Å². The van der Waals surface area contributed by atoms with E-state index in [4.69, 9.17) is 11.6 Å². The highest BCUT2D eigenvalue weighted by Gasteiger charge is 2.19. The first-order valence-corrected chi connectivity index (χ1v) is 9.50. The molecule has 0 amide bonds. The van der Waals surface area contributed by atoms with Crippen LogP contribution in [0.1, 0.15) is 5.56 Å². The zero-order valence-corrected chi connectivity index (χ0v) is 16.3. The van der Waals surface area contributed by atoms with Gasteiger partial charge in [0.25, 0.3) is 5.56 Å². The number of anilines is 1. The van der Waals surface area contributed by atoms with Gasteiger partial charge in [0.1, 0.15) is 10.7 Å². The third kappa shape index (κ3) is 4.57. The Morgan fingerprint density at radius 2 is 1.66 bits per heavy atom. The second kappa shape index (κ2) is 9.05. The lowest BCUT2D eigenvalue weighted by atomic mass is 10.1. The molecule has 3 aromatic rings. The van der Waals surface area contributed by atoms with Gasteiger partial charge in [-0.15, -0.1) is 0 Å². The zero-order valence-electron chi connectivity index (χ0n) is 15.5. The number of halogens is 1. The van der Waals surface area contributed by atoms with Gasteiger partial charge < -0.3 is 0 Å². The van der Waals surface area contributed by atoms with Gasteiger partial charge >= 0.3 is 0 Å². The average molecular weight is 402 g/mol. The van der Waals surface area contributed by atoms with Gasteiger partial charge in [0.15, 0.2) is 0 Å². The zero-order chi connectivity index (χ0) is 20.1. The van der Waals surface area contributed by atoms with Gasteiger partial charge in [-0.2, -0.15) is 14.9 Å². The van der Waals surface area contributed by atoms with Crippen LogP contribution in [0.3, 0.4) is 0 Å². The molecule has 29 heavy (non-hydrogen) atoms. The van der Waals surface area contributed by atoms with E-state index in [9.17, 15) is 4.79 Å². The van der Waals surface area contributed by atoms with E-state index in [1.807, 2.05) is 74.2 Å². The van der Waals surface area contributed by atoms with Crippen molar-refractivity contribution in [3.63, 3.8) is 0 Å². The fourth-order valence-corrected chi connectivity index (χ4v) is 3.14. The van der Waals surface area contributed by atoms with Crippen LogP contribution in [0.4, 0.5) is 5.69 Å². The largest absolute Gasteiger partial charge is 0.292 e.